The number of halogens is 1. The number of carbonyl (C=O) groups excluding carboxylic acids is 1. The van der Waals surface area contributed by atoms with Crippen molar-refractivity contribution in [3.05, 3.63) is 70.9 Å². The van der Waals surface area contributed by atoms with Crippen LogP contribution in [0.5, 0.6) is 0 Å². The molecule has 106 valence electrons. The highest BCUT2D eigenvalue weighted by Gasteiger charge is 2.13. The van der Waals surface area contributed by atoms with Gasteiger partial charge in [0.1, 0.15) is 0 Å². The number of aryl methyl sites for hydroxylation is 1. The van der Waals surface area contributed by atoms with Gasteiger partial charge >= 0.3 is 0 Å². The number of Topliss-reactive ketones (excluding diaryl/α,β-unsaturated/α-hetero) is 1. The van der Waals surface area contributed by atoms with E-state index in [-0.39, 0.29) is 5.78 Å². The normalized spacial score (nSPS) is 11.0. The number of nitrogens with zero attached hydrogens (tertiary/aromatic N) is 1. The summed E-state index contributed by atoms with van der Waals surface area (Å²) in [5.74, 6) is 0.0315. The second-order valence-corrected chi connectivity index (χ2v) is 5.46. The molecule has 0 spiro atoms. The van der Waals surface area contributed by atoms with Gasteiger partial charge < -0.3 is 4.57 Å². The monoisotopic (exact) mass is 297 g/mol. The Hall–Kier alpha value is -2.06. The van der Waals surface area contributed by atoms with Crippen molar-refractivity contribution in [2.24, 2.45) is 0 Å². The first-order valence-corrected chi connectivity index (χ1v) is 7.43. The largest absolute Gasteiger partial charge is 0.339 e. The maximum Gasteiger partial charge on any atom is 0.183 e. The fourth-order valence-electron chi connectivity index (χ4n) is 2.69. The number of hydrogen-bond donors (Lipinski definition) is 0. The van der Waals surface area contributed by atoms with Crippen LogP contribution in [0.1, 0.15) is 22.8 Å². The van der Waals surface area contributed by atoms with Gasteiger partial charge in [-0.3, -0.25) is 4.79 Å². The van der Waals surface area contributed by atoms with Crippen LogP contribution in [0.2, 0.25) is 5.02 Å². The van der Waals surface area contributed by atoms with Crippen LogP contribution in [0.15, 0.2) is 54.7 Å². The number of aromatic nitrogens is 1. The number of hydrogen-bond acceptors (Lipinski definition) is 1. The lowest BCUT2D eigenvalue weighted by molar-refractivity contribution is 0.0973. The summed E-state index contributed by atoms with van der Waals surface area (Å²) < 4.78 is 2.01. The predicted octanol–water partition coefficient (Wildman–Crippen LogP) is 4.74. The highest BCUT2D eigenvalue weighted by molar-refractivity contribution is 6.33. The molecule has 0 aliphatic rings. The Morgan fingerprint density at radius 2 is 1.90 bits per heavy atom. The van der Waals surface area contributed by atoms with Crippen LogP contribution in [0.25, 0.3) is 10.9 Å². The van der Waals surface area contributed by atoms with Gasteiger partial charge in [-0.15, -0.1) is 0 Å². The van der Waals surface area contributed by atoms with E-state index in [0.717, 1.165) is 11.9 Å². The number of para-hydroxylation sites is 1. The fourth-order valence-corrected chi connectivity index (χ4v) is 2.93. The third kappa shape index (κ3) is 2.59. The zero-order valence-corrected chi connectivity index (χ0v) is 12.6. The summed E-state index contributed by atoms with van der Waals surface area (Å²) in [6.07, 6.45) is 2.92. The lowest BCUT2D eigenvalue weighted by atomic mass is 10.1. The summed E-state index contributed by atoms with van der Waals surface area (Å²) in [7, 11) is 0. The Bertz CT molecular complexity index is 804. The molecule has 3 heteroatoms. The molecule has 3 rings (SSSR count). The van der Waals surface area contributed by atoms with Crippen molar-refractivity contribution in [1.29, 1.82) is 0 Å². The lowest BCUT2D eigenvalue weighted by Crippen LogP contribution is -2.10. The minimum Gasteiger partial charge on any atom is -0.339 e. The SMILES string of the molecule is CCc1cccc2ccn(CC(=O)c3ccccc3Cl)c12. The molecule has 3 aromatic rings. The van der Waals surface area contributed by atoms with Crippen LogP contribution in [0, 0.1) is 0 Å². The maximum absolute atomic E-state index is 12.5. The molecule has 1 aromatic heterocycles. The van der Waals surface area contributed by atoms with Gasteiger partial charge in [-0.05, 0) is 35.6 Å². The van der Waals surface area contributed by atoms with E-state index in [1.807, 2.05) is 29.0 Å². The third-order valence-corrected chi connectivity index (χ3v) is 4.07. The van der Waals surface area contributed by atoms with Gasteiger partial charge in [-0.25, -0.2) is 0 Å². The van der Waals surface area contributed by atoms with Crippen LogP contribution in [0.4, 0.5) is 0 Å². The highest BCUT2D eigenvalue weighted by Crippen LogP contribution is 2.22. The predicted molar refractivity (Wildman–Crippen MR) is 87.1 cm³/mol. The molecule has 0 saturated heterocycles. The maximum atomic E-state index is 12.5. The molecule has 0 aliphatic carbocycles. The van der Waals surface area contributed by atoms with Crippen LogP contribution in [0.3, 0.4) is 0 Å². The molecule has 0 unspecified atom stereocenters. The Labute approximate surface area is 129 Å². The van der Waals surface area contributed by atoms with Crippen molar-refractivity contribution in [1.82, 2.24) is 4.57 Å². The van der Waals surface area contributed by atoms with E-state index in [0.29, 0.717) is 17.1 Å². The van der Waals surface area contributed by atoms with E-state index in [1.165, 1.54) is 10.9 Å². The summed E-state index contributed by atoms with van der Waals surface area (Å²) in [5, 5.41) is 1.68. The molecular formula is C18H16ClNO. The Morgan fingerprint density at radius 3 is 2.67 bits per heavy atom. The molecule has 0 saturated carbocycles. The summed E-state index contributed by atoms with van der Waals surface area (Å²) in [4.78, 5) is 12.5. The van der Waals surface area contributed by atoms with Gasteiger partial charge in [0, 0.05) is 11.8 Å². The smallest absolute Gasteiger partial charge is 0.183 e. The number of benzene rings is 2. The van der Waals surface area contributed by atoms with E-state index in [9.17, 15) is 4.79 Å². The van der Waals surface area contributed by atoms with Gasteiger partial charge in [0.05, 0.1) is 17.1 Å². The zero-order valence-electron chi connectivity index (χ0n) is 11.8. The molecule has 0 fully saturated rings. The van der Waals surface area contributed by atoms with E-state index in [2.05, 4.69) is 25.1 Å². The molecule has 0 atom stereocenters. The number of ketones is 1. The minimum absolute atomic E-state index is 0.0315. The first kappa shape index (κ1) is 13.9. The first-order valence-electron chi connectivity index (χ1n) is 7.05. The molecule has 2 nitrogen and oxygen atoms in total. The van der Waals surface area contributed by atoms with Gasteiger partial charge in [-0.1, -0.05) is 48.9 Å². The van der Waals surface area contributed by atoms with Gasteiger partial charge in [0.25, 0.3) is 0 Å². The van der Waals surface area contributed by atoms with Gasteiger partial charge in [0.15, 0.2) is 5.78 Å². The summed E-state index contributed by atoms with van der Waals surface area (Å²) in [5.41, 5.74) is 2.97. The van der Waals surface area contributed by atoms with E-state index in [4.69, 9.17) is 11.6 Å². The average molecular weight is 298 g/mol. The second-order valence-electron chi connectivity index (χ2n) is 5.06. The quantitative estimate of drug-likeness (QED) is 0.638. The number of fused-ring (bicyclic) bond motifs is 1. The average Bonchev–Trinajstić information content (AvgIpc) is 2.91. The van der Waals surface area contributed by atoms with Crippen molar-refractivity contribution >= 4 is 28.3 Å². The molecule has 1 heterocycles. The Balaban J connectivity index is 1.99. The third-order valence-electron chi connectivity index (χ3n) is 3.74. The molecule has 0 radical (unpaired) electrons. The molecule has 0 bridgehead atoms. The van der Waals surface area contributed by atoms with Crippen LogP contribution >= 0.6 is 11.6 Å². The summed E-state index contributed by atoms with van der Waals surface area (Å²) in [6, 6.07) is 15.5. The topological polar surface area (TPSA) is 22.0 Å². The number of carbonyl (C=O) groups is 1. The Kier molecular flexibility index (Phi) is 3.80. The Morgan fingerprint density at radius 1 is 1.10 bits per heavy atom. The minimum atomic E-state index is 0.0315. The van der Waals surface area contributed by atoms with E-state index >= 15 is 0 Å². The molecule has 2 aromatic carbocycles. The lowest BCUT2D eigenvalue weighted by Gasteiger charge is -2.09. The van der Waals surface area contributed by atoms with Crippen molar-refractivity contribution in [2.75, 3.05) is 0 Å². The van der Waals surface area contributed by atoms with Crippen molar-refractivity contribution in [3.8, 4) is 0 Å². The van der Waals surface area contributed by atoms with Gasteiger partial charge in [-0.2, -0.15) is 0 Å². The molecule has 0 N–H and O–H groups in total. The van der Waals surface area contributed by atoms with E-state index in [1.54, 1.807) is 12.1 Å². The van der Waals surface area contributed by atoms with Crippen molar-refractivity contribution < 1.29 is 4.79 Å². The molecule has 0 aliphatic heterocycles. The summed E-state index contributed by atoms with van der Waals surface area (Å²) >= 11 is 6.11. The molecule has 0 amide bonds. The van der Waals surface area contributed by atoms with E-state index < -0.39 is 0 Å². The second kappa shape index (κ2) is 5.74. The molecule has 21 heavy (non-hydrogen) atoms. The van der Waals surface area contributed by atoms with Crippen LogP contribution in [-0.2, 0) is 13.0 Å². The van der Waals surface area contributed by atoms with Crippen LogP contribution < -0.4 is 0 Å². The number of rotatable bonds is 4. The van der Waals surface area contributed by atoms with Crippen LogP contribution in [-0.4, -0.2) is 10.4 Å². The molecular weight excluding hydrogens is 282 g/mol. The van der Waals surface area contributed by atoms with Crippen molar-refractivity contribution in [2.45, 2.75) is 19.9 Å². The highest BCUT2D eigenvalue weighted by atomic mass is 35.5. The first-order chi connectivity index (χ1) is 10.2. The van der Waals surface area contributed by atoms with Crippen molar-refractivity contribution in [3.63, 3.8) is 0 Å². The summed E-state index contributed by atoms with van der Waals surface area (Å²) in [6.45, 7) is 2.44. The standard InChI is InChI=1S/C18H16ClNO/c1-2-13-6-5-7-14-10-11-20(18(13)14)12-17(21)15-8-3-4-9-16(15)19/h3-11H,2,12H2,1H3. The zero-order chi connectivity index (χ0) is 14.8. The fraction of sp³-hybridized carbons (Fsp3) is 0.167. The van der Waals surface area contributed by atoms with Gasteiger partial charge in [0.2, 0.25) is 0 Å².